The van der Waals surface area contributed by atoms with E-state index in [2.05, 4.69) is 5.32 Å². The van der Waals surface area contributed by atoms with Crippen LogP contribution in [0.25, 0.3) is 0 Å². The second-order valence-corrected chi connectivity index (χ2v) is 5.48. The normalized spacial score (nSPS) is 29.1. The van der Waals surface area contributed by atoms with Crippen LogP contribution in [0.15, 0.2) is 24.3 Å². The van der Waals surface area contributed by atoms with Crippen molar-refractivity contribution in [1.29, 1.82) is 0 Å². The molecule has 2 aliphatic rings. The third-order valence-corrected chi connectivity index (χ3v) is 3.64. The SMILES string of the molecule is CC1CN(C(=O)C2CNc3ccccc3O2)CC(C)O1. The molecule has 1 N–H and O–H groups in total. The fraction of sp³-hybridized carbons (Fsp3) is 0.533. The fourth-order valence-corrected chi connectivity index (χ4v) is 2.81. The van der Waals surface area contributed by atoms with Gasteiger partial charge in [0.2, 0.25) is 0 Å². The largest absolute Gasteiger partial charge is 0.477 e. The zero-order valence-corrected chi connectivity index (χ0v) is 11.8. The number of ether oxygens (including phenoxy) is 2. The Morgan fingerprint density at radius 1 is 1.25 bits per heavy atom. The smallest absolute Gasteiger partial charge is 0.265 e. The van der Waals surface area contributed by atoms with Gasteiger partial charge in [0.05, 0.1) is 24.4 Å². The molecule has 1 aromatic carbocycles. The van der Waals surface area contributed by atoms with Crippen LogP contribution in [0, 0.1) is 0 Å². The molecule has 3 atom stereocenters. The van der Waals surface area contributed by atoms with E-state index >= 15 is 0 Å². The van der Waals surface area contributed by atoms with Gasteiger partial charge in [-0.2, -0.15) is 0 Å². The van der Waals surface area contributed by atoms with Crippen LogP contribution in [0.5, 0.6) is 5.75 Å². The summed E-state index contributed by atoms with van der Waals surface area (Å²) in [6.45, 7) is 5.75. The van der Waals surface area contributed by atoms with Crippen LogP contribution in [0.2, 0.25) is 0 Å². The maximum Gasteiger partial charge on any atom is 0.265 e. The van der Waals surface area contributed by atoms with E-state index in [0.29, 0.717) is 19.6 Å². The van der Waals surface area contributed by atoms with Crippen LogP contribution in [0.1, 0.15) is 13.8 Å². The molecule has 0 radical (unpaired) electrons. The van der Waals surface area contributed by atoms with E-state index in [9.17, 15) is 4.79 Å². The Balaban J connectivity index is 1.69. The van der Waals surface area contributed by atoms with Gasteiger partial charge < -0.3 is 19.7 Å². The van der Waals surface area contributed by atoms with Crippen molar-refractivity contribution >= 4 is 11.6 Å². The molecule has 0 spiro atoms. The van der Waals surface area contributed by atoms with Gasteiger partial charge in [-0.3, -0.25) is 4.79 Å². The van der Waals surface area contributed by atoms with Gasteiger partial charge in [0, 0.05) is 13.1 Å². The quantitative estimate of drug-likeness (QED) is 0.844. The molecule has 2 aliphatic heterocycles. The standard InChI is InChI=1S/C15H20N2O3/c1-10-8-17(9-11(2)19-10)15(18)14-7-16-12-5-3-4-6-13(12)20-14/h3-6,10-11,14,16H,7-9H2,1-2H3. The van der Waals surface area contributed by atoms with Gasteiger partial charge in [-0.1, -0.05) is 12.1 Å². The third-order valence-electron chi connectivity index (χ3n) is 3.64. The van der Waals surface area contributed by atoms with Gasteiger partial charge >= 0.3 is 0 Å². The van der Waals surface area contributed by atoms with Crippen molar-refractivity contribution < 1.29 is 14.3 Å². The molecule has 20 heavy (non-hydrogen) atoms. The predicted octanol–water partition coefficient (Wildman–Crippen LogP) is 1.50. The number of hydrogen-bond donors (Lipinski definition) is 1. The molecule has 0 aliphatic carbocycles. The van der Waals surface area contributed by atoms with E-state index in [0.717, 1.165) is 11.4 Å². The summed E-state index contributed by atoms with van der Waals surface area (Å²) >= 11 is 0. The zero-order valence-electron chi connectivity index (χ0n) is 11.8. The van der Waals surface area contributed by atoms with Crippen LogP contribution in [0.4, 0.5) is 5.69 Å². The van der Waals surface area contributed by atoms with Crippen molar-refractivity contribution in [2.24, 2.45) is 0 Å². The lowest BCUT2D eigenvalue weighted by Gasteiger charge is -2.38. The number of benzene rings is 1. The molecular weight excluding hydrogens is 256 g/mol. The first kappa shape index (κ1) is 13.2. The summed E-state index contributed by atoms with van der Waals surface area (Å²) in [7, 11) is 0. The number of amides is 1. The number of hydrogen-bond acceptors (Lipinski definition) is 4. The number of carbonyl (C=O) groups excluding carboxylic acids is 1. The molecule has 5 heteroatoms. The highest BCUT2D eigenvalue weighted by Crippen LogP contribution is 2.29. The second-order valence-electron chi connectivity index (χ2n) is 5.48. The highest BCUT2D eigenvalue weighted by Gasteiger charge is 2.33. The fourth-order valence-electron chi connectivity index (χ4n) is 2.81. The monoisotopic (exact) mass is 276 g/mol. The maximum atomic E-state index is 12.6. The first-order chi connectivity index (χ1) is 9.63. The summed E-state index contributed by atoms with van der Waals surface area (Å²) in [4.78, 5) is 14.4. The lowest BCUT2D eigenvalue weighted by molar-refractivity contribution is -0.150. The minimum absolute atomic E-state index is 0.0361. The van der Waals surface area contributed by atoms with Crippen LogP contribution in [-0.4, -0.2) is 48.8 Å². The average Bonchev–Trinajstić information content (AvgIpc) is 2.45. The van der Waals surface area contributed by atoms with Crippen LogP contribution in [0.3, 0.4) is 0 Å². The molecule has 5 nitrogen and oxygen atoms in total. The number of nitrogens with one attached hydrogen (secondary N) is 1. The second kappa shape index (κ2) is 5.32. The Morgan fingerprint density at radius 2 is 1.95 bits per heavy atom. The minimum Gasteiger partial charge on any atom is -0.477 e. The molecule has 0 saturated carbocycles. The zero-order chi connectivity index (χ0) is 14.1. The van der Waals surface area contributed by atoms with E-state index in [1.807, 2.05) is 43.0 Å². The highest BCUT2D eigenvalue weighted by atomic mass is 16.5. The van der Waals surface area contributed by atoms with Crippen LogP contribution >= 0.6 is 0 Å². The maximum absolute atomic E-state index is 12.6. The molecule has 2 heterocycles. The first-order valence-corrected chi connectivity index (χ1v) is 7.07. The number of para-hydroxylation sites is 2. The lowest BCUT2D eigenvalue weighted by Crippen LogP contribution is -2.54. The van der Waals surface area contributed by atoms with Gasteiger partial charge in [0.15, 0.2) is 6.10 Å². The molecule has 1 fully saturated rings. The number of rotatable bonds is 1. The Hall–Kier alpha value is -1.75. The van der Waals surface area contributed by atoms with Crippen molar-refractivity contribution in [2.75, 3.05) is 25.0 Å². The number of nitrogens with zero attached hydrogens (tertiary/aromatic N) is 1. The molecule has 1 saturated heterocycles. The van der Waals surface area contributed by atoms with E-state index in [1.54, 1.807) is 0 Å². The Kier molecular flexibility index (Phi) is 3.53. The van der Waals surface area contributed by atoms with E-state index in [4.69, 9.17) is 9.47 Å². The van der Waals surface area contributed by atoms with Gasteiger partial charge in [-0.15, -0.1) is 0 Å². The van der Waals surface area contributed by atoms with Crippen molar-refractivity contribution in [1.82, 2.24) is 4.90 Å². The molecule has 108 valence electrons. The molecular formula is C15H20N2O3. The molecule has 1 amide bonds. The Bertz CT molecular complexity index is 496. The molecule has 1 aromatic rings. The Morgan fingerprint density at radius 3 is 2.70 bits per heavy atom. The van der Waals surface area contributed by atoms with Crippen molar-refractivity contribution in [3.05, 3.63) is 24.3 Å². The predicted molar refractivity (Wildman–Crippen MR) is 75.9 cm³/mol. The van der Waals surface area contributed by atoms with Crippen LogP contribution in [-0.2, 0) is 9.53 Å². The first-order valence-electron chi connectivity index (χ1n) is 7.07. The summed E-state index contributed by atoms with van der Waals surface area (Å²) in [6, 6.07) is 7.69. The van der Waals surface area contributed by atoms with Crippen molar-refractivity contribution in [3.63, 3.8) is 0 Å². The van der Waals surface area contributed by atoms with E-state index < -0.39 is 6.10 Å². The third kappa shape index (κ3) is 2.58. The van der Waals surface area contributed by atoms with Gasteiger partial charge in [-0.25, -0.2) is 0 Å². The summed E-state index contributed by atoms with van der Waals surface area (Å²) in [5.41, 5.74) is 0.945. The summed E-state index contributed by atoms with van der Waals surface area (Å²) in [5.74, 6) is 0.778. The van der Waals surface area contributed by atoms with Crippen LogP contribution < -0.4 is 10.1 Å². The average molecular weight is 276 g/mol. The van der Waals surface area contributed by atoms with Crippen molar-refractivity contribution in [3.8, 4) is 5.75 Å². The summed E-state index contributed by atoms with van der Waals surface area (Å²) in [5, 5.41) is 3.25. The van der Waals surface area contributed by atoms with E-state index in [1.165, 1.54) is 0 Å². The Labute approximate surface area is 118 Å². The van der Waals surface area contributed by atoms with Crippen molar-refractivity contribution in [2.45, 2.75) is 32.2 Å². The highest BCUT2D eigenvalue weighted by molar-refractivity contribution is 5.83. The molecule has 0 aromatic heterocycles. The number of fused-ring (bicyclic) bond motifs is 1. The summed E-state index contributed by atoms with van der Waals surface area (Å²) < 4.78 is 11.5. The molecule has 0 bridgehead atoms. The van der Waals surface area contributed by atoms with Gasteiger partial charge in [-0.05, 0) is 26.0 Å². The number of anilines is 1. The molecule has 3 rings (SSSR count). The number of morpholine rings is 1. The molecule has 3 unspecified atom stereocenters. The van der Waals surface area contributed by atoms with Gasteiger partial charge in [0.1, 0.15) is 5.75 Å². The minimum atomic E-state index is -0.456. The lowest BCUT2D eigenvalue weighted by atomic mass is 10.1. The summed E-state index contributed by atoms with van der Waals surface area (Å²) in [6.07, 6.45) is -0.305. The topological polar surface area (TPSA) is 50.8 Å². The van der Waals surface area contributed by atoms with Gasteiger partial charge in [0.25, 0.3) is 5.91 Å². The number of carbonyl (C=O) groups is 1. The van der Waals surface area contributed by atoms with E-state index in [-0.39, 0.29) is 18.1 Å².